The molecule has 1 saturated heterocycles. The number of ether oxygens (including phenoxy) is 1. The lowest BCUT2D eigenvalue weighted by molar-refractivity contribution is -0.132. The molecule has 0 saturated carbocycles. The lowest BCUT2D eigenvalue weighted by Gasteiger charge is -2.27. The van der Waals surface area contributed by atoms with Gasteiger partial charge in [-0.05, 0) is 48.4 Å². The molecule has 0 aliphatic carbocycles. The van der Waals surface area contributed by atoms with Crippen LogP contribution in [0.5, 0.6) is 5.75 Å². The standard InChI is InChI=1S/C24H19ClN2O4/c1-14-5-3-4-6-17(14)21-20(22(28)15-9-11-26-12-10-15)23(29)24(30)27(21)16-7-8-19(31-2)18(25)13-16/h3-13,21,28H,1-2H3/b22-20+. The zero-order chi connectivity index (χ0) is 22.1. The maximum Gasteiger partial charge on any atom is 0.300 e. The Labute approximate surface area is 184 Å². The van der Waals surface area contributed by atoms with Gasteiger partial charge < -0.3 is 9.84 Å². The van der Waals surface area contributed by atoms with Crippen molar-refractivity contribution in [2.45, 2.75) is 13.0 Å². The fourth-order valence-corrected chi connectivity index (χ4v) is 4.01. The van der Waals surface area contributed by atoms with Crippen LogP contribution in [-0.4, -0.2) is 28.9 Å². The molecule has 4 rings (SSSR count). The van der Waals surface area contributed by atoms with E-state index in [1.807, 2.05) is 31.2 Å². The minimum atomic E-state index is -0.821. The number of Topliss-reactive ketones (excluding diaryl/α,β-unsaturated/α-hetero) is 1. The van der Waals surface area contributed by atoms with Crippen LogP contribution in [0.1, 0.15) is 22.7 Å². The first-order chi connectivity index (χ1) is 14.9. The lowest BCUT2D eigenvalue weighted by Crippen LogP contribution is -2.29. The van der Waals surface area contributed by atoms with Gasteiger partial charge in [0.1, 0.15) is 11.5 Å². The van der Waals surface area contributed by atoms with Crippen LogP contribution in [0, 0.1) is 6.92 Å². The Morgan fingerprint density at radius 1 is 1.10 bits per heavy atom. The van der Waals surface area contributed by atoms with Gasteiger partial charge in [-0.1, -0.05) is 35.9 Å². The van der Waals surface area contributed by atoms with Crippen molar-refractivity contribution in [3.8, 4) is 5.75 Å². The van der Waals surface area contributed by atoms with Crippen LogP contribution < -0.4 is 9.64 Å². The summed E-state index contributed by atoms with van der Waals surface area (Å²) in [5, 5.41) is 11.3. The molecule has 0 spiro atoms. The number of aromatic nitrogens is 1. The van der Waals surface area contributed by atoms with Gasteiger partial charge in [0, 0.05) is 23.6 Å². The first kappa shape index (κ1) is 20.6. The molecule has 1 aliphatic heterocycles. The second-order valence-electron chi connectivity index (χ2n) is 7.08. The summed E-state index contributed by atoms with van der Waals surface area (Å²) in [7, 11) is 1.50. The number of anilines is 1. The summed E-state index contributed by atoms with van der Waals surface area (Å²) in [5.41, 5.74) is 2.44. The Kier molecular flexibility index (Phi) is 5.48. The molecule has 3 aromatic rings. The number of ketones is 1. The quantitative estimate of drug-likeness (QED) is 0.366. The summed E-state index contributed by atoms with van der Waals surface area (Å²) in [6.07, 6.45) is 3.02. The minimum Gasteiger partial charge on any atom is -0.507 e. The van der Waals surface area contributed by atoms with Gasteiger partial charge in [-0.25, -0.2) is 0 Å². The largest absolute Gasteiger partial charge is 0.507 e. The topological polar surface area (TPSA) is 79.7 Å². The number of halogens is 1. The molecule has 2 heterocycles. The smallest absolute Gasteiger partial charge is 0.300 e. The van der Waals surface area contributed by atoms with Crippen molar-refractivity contribution < 1.29 is 19.4 Å². The van der Waals surface area contributed by atoms with E-state index in [4.69, 9.17) is 16.3 Å². The normalized spacial score (nSPS) is 17.8. The fourth-order valence-electron chi connectivity index (χ4n) is 3.76. The van der Waals surface area contributed by atoms with Crippen LogP contribution in [0.3, 0.4) is 0 Å². The number of methoxy groups -OCH3 is 1. The van der Waals surface area contributed by atoms with E-state index in [0.29, 0.717) is 22.0 Å². The monoisotopic (exact) mass is 434 g/mol. The SMILES string of the molecule is COc1ccc(N2C(=O)C(=O)/C(=C(/O)c3ccncc3)C2c2ccccc2C)cc1Cl. The Morgan fingerprint density at radius 3 is 2.45 bits per heavy atom. The number of pyridine rings is 1. The molecule has 0 radical (unpaired) electrons. The Morgan fingerprint density at radius 2 is 1.81 bits per heavy atom. The Hall–Kier alpha value is -3.64. The highest BCUT2D eigenvalue weighted by molar-refractivity contribution is 6.51. The van der Waals surface area contributed by atoms with Gasteiger partial charge in [-0.15, -0.1) is 0 Å². The second kappa shape index (κ2) is 8.24. The first-order valence-corrected chi connectivity index (χ1v) is 9.92. The summed E-state index contributed by atoms with van der Waals surface area (Å²) in [4.78, 5) is 31.6. The Bertz CT molecular complexity index is 1210. The zero-order valence-electron chi connectivity index (χ0n) is 16.9. The van der Waals surface area contributed by atoms with E-state index in [9.17, 15) is 14.7 Å². The molecule has 31 heavy (non-hydrogen) atoms. The summed E-state index contributed by atoms with van der Waals surface area (Å²) < 4.78 is 5.20. The van der Waals surface area contributed by atoms with Crippen LogP contribution in [-0.2, 0) is 9.59 Å². The van der Waals surface area contributed by atoms with Gasteiger partial charge in [0.05, 0.1) is 23.7 Å². The van der Waals surface area contributed by atoms with Crippen molar-refractivity contribution in [3.05, 3.63) is 94.3 Å². The van der Waals surface area contributed by atoms with Crippen LogP contribution in [0.4, 0.5) is 5.69 Å². The molecule has 7 heteroatoms. The van der Waals surface area contributed by atoms with E-state index in [1.54, 1.807) is 30.3 Å². The van der Waals surface area contributed by atoms with Gasteiger partial charge in [0.25, 0.3) is 11.7 Å². The molecule has 156 valence electrons. The van der Waals surface area contributed by atoms with E-state index in [1.165, 1.54) is 24.4 Å². The number of hydrogen-bond acceptors (Lipinski definition) is 5. The lowest BCUT2D eigenvalue weighted by atomic mass is 9.92. The summed E-state index contributed by atoms with van der Waals surface area (Å²) in [5.74, 6) is -1.32. The van der Waals surface area contributed by atoms with E-state index >= 15 is 0 Å². The molecule has 1 aliphatic rings. The number of aliphatic hydroxyl groups excluding tert-OH is 1. The molecule has 1 amide bonds. The zero-order valence-corrected chi connectivity index (χ0v) is 17.6. The molecule has 6 nitrogen and oxygen atoms in total. The van der Waals surface area contributed by atoms with Crippen molar-refractivity contribution in [3.63, 3.8) is 0 Å². The maximum atomic E-state index is 13.2. The average molecular weight is 435 g/mol. The van der Waals surface area contributed by atoms with Gasteiger partial charge in [0.2, 0.25) is 0 Å². The third-order valence-electron chi connectivity index (χ3n) is 5.29. The number of amides is 1. The van der Waals surface area contributed by atoms with Gasteiger partial charge in [0.15, 0.2) is 0 Å². The molecule has 1 unspecified atom stereocenters. The molecule has 0 bridgehead atoms. The van der Waals surface area contributed by atoms with E-state index in [-0.39, 0.29) is 11.3 Å². The van der Waals surface area contributed by atoms with E-state index in [2.05, 4.69) is 4.98 Å². The van der Waals surface area contributed by atoms with Crippen LogP contribution in [0.2, 0.25) is 5.02 Å². The fraction of sp³-hybridized carbons (Fsp3) is 0.125. The van der Waals surface area contributed by atoms with Crippen LogP contribution in [0.25, 0.3) is 5.76 Å². The van der Waals surface area contributed by atoms with Crippen LogP contribution >= 0.6 is 11.6 Å². The number of hydrogen-bond donors (Lipinski definition) is 1. The molecular formula is C24H19ClN2O4. The van der Waals surface area contributed by atoms with E-state index in [0.717, 1.165) is 11.1 Å². The highest BCUT2D eigenvalue weighted by atomic mass is 35.5. The third-order valence-corrected chi connectivity index (χ3v) is 5.59. The summed E-state index contributed by atoms with van der Waals surface area (Å²) in [6, 6.07) is 14.6. The predicted molar refractivity (Wildman–Crippen MR) is 118 cm³/mol. The van der Waals surface area contributed by atoms with Crippen molar-refractivity contribution in [2.75, 3.05) is 12.0 Å². The number of aliphatic hydroxyl groups is 1. The molecule has 1 fully saturated rings. The Balaban J connectivity index is 1.97. The third kappa shape index (κ3) is 3.55. The van der Waals surface area contributed by atoms with Crippen molar-refractivity contribution >= 4 is 34.7 Å². The minimum absolute atomic E-state index is 0.0115. The van der Waals surface area contributed by atoms with Gasteiger partial charge in [-0.3, -0.25) is 19.5 Å². The van der Waals surface area contributed by atoms with Gasteiger partial charge >= 0.3 is 0 Å². The van der Waals surface area contributed by atoms with Crippen LogP contribution in [0.15, 0.2) is 72.6 Å². The highest BCUT2D eigenvalue weighted by Crippen LogP contribution is 2.44. The maximum absolute atomic E-state index is 13.2. The number of nitrogens with zero attached hydrogens (tertiary/aromatic N) is 2. The van der Waals surface area contributed by atoms with Crippen molar-refractivity contribution in [2.24, 2.45) is 0 Å². The number of carbonyl (C=O) groups is 2. The predicted octanol–water partition coefficient (Wildman–Crippen LogP) is 4.68. The van der Waals surface area contributed by atoms with E-state index < -0.39 is 17.7 Å². The average Bonchev–Trinajstić information content (AvgIpc) is 3.04. The molecule has 1 aromatic heterocycles. The summed E-state index contributed by atoms with van der Waals surface area (Å²) in [6.45, 7) is 1.89. The summed E-state index contributed by atoms with van der Waals surface area (Å²) >= 11 is 6.30. The van der Waals surface area contributed by atoms with Crippen molar-refractivity contribution in [1.82, 2.24) is 4.98 Å². The number of aryl methyl sites for hydroxylation is 1. The number of benzene rings is 2. The number of carbonyl (C=O) groups excluding carboxylic acids is 2. The molecule has 1 N–H and O–H groups in total. The highest BCUT2D eigenvalue weighted by Gasteiger charge is 2.47. The van der Waals surface area contributed by atoms with Crippen molar-refractivity contribution in [1.29, 1.82) is 0 Å². The number of rotatable bonds is 4. The first-order valence-electron chi connectivity index (χ1n) is 9.54. The second-order valence-corrected chi connectivity index (χ2v) is 7.49. The molecule has 1 atom stereocenters. The molecular weight excluding hydrogens is 416 g/mol. The van der Waals surface area contributed by atoms with Gasteiger partial charge in [-0.2, -0.15) is 0 Å². The molecule has 2 aromatic carbocycles.